The molecule has 0 spiro atoms. The van der Waals surface area contributed by atoms with Crippen LogP contribution in [0.25, 0.3) is 0 Å². The van der Waals surface area contributed by atoms with E-state index in [1.54, 1.807) is 0 Å². The summed E-state index contributed by atoms with van der Waals surface area (Å²) in [4.78, 5) is 0. The molecule has 3 rings (SSSR count). The number of hydrogen-bond donors (Lipinski definition) is 2. The van der Waals surface area contributed by atoms with Gasteiger partial charge in [0, 0.05) is 26.7 Å². The zero-order valence-electron chi connectivity index (χ0n) is 12.1. The second-order valence-electron chi connectivity index (χ2n) is 5.65. The molecule has 0 heterocycles. The summed E-state index contributed by atoms with van der Waals surface area (Å²) in [7, 11) is 0. The molecule has 1 aliphatic rings. The SMILES string of the molecule is OC1(C(F)(F)F)c2ccccc2C(O)(C(F)(F)F)c2cc(Br)ccc21. The van der Waals surface area contributed by atoms with Gasteiger partial charge >= 0.3 is 12.4 Å². The van der Waals surface area contributed by atoms with E-state index in [9.17, 15) is 36.6 Å². The van der Waals surface area contributed by atoms with Crippen LogP contribution in [0, 0.1) is 0 Å². The Morgan fingerprint density at radius 1 is 0.680 bits per heavy atom. The van der Waals surface area contributed by atoms with E-state index in [0.29, 0.717) is 0 Å². The quantitative estimate of drug-likeness (QED) is 0.614. The monoisotopic (exact) mass is 426 g/mol. The Labute approximate surface area is 145 Å². The third kappa shape index (κ3) is 2.25. The Morgan fingerprint density at radius 2 is 1.08 bits per heavy atom. The smallest absolute Gasteiger partial charge is 0.372 e. The fraction of sp³-hybridized carbons (Fsp3) is 0.250. The van der Waals surface area contributed by atoms with E-state index in [-0.39, 0.29) is 4.47 Å². The number of fused-ring (bicyclic) bond motifs is 2. The highest BCUT2D eigenvalue weighted by Gasteiger charge is 2.68. The lowest BCUT2D eigenvalue weighted by Gasteiger charge is -2.45. The molecule has 0 saturated heterocycles. The van der Waals surface area contributed by atoms with Crippen molar-refractivity contribution < 1.29 is 36.6 Å². The maximum atomic E-state index is 13.7. The maximum Gasteiger partial charge on any atom is 0.425 e. The lowest BCUT2D eigenvalue weighted by Crippen LogP contribution is -2.55. The highest BCUT2D eigenvalue weighted by Crippen LogP contribution is 2.58. The van der Waals surface area contributed by atoms with Crippen LogP contribution in [0.3, 0.4) is 0 Å². The zero-order chi connectivity index (χ0) is 18.8. The lowest BCUT2D eigenvalue weighted by atomic mass is 9.67. The summed E-state index contributed by atoms with van der Waals surface area (Å²) in [5, 5.41) is 21.0. The van der Waals surface area contributed by atoms with Crippen LogP contribution in [-0.4, -0.2) is 22.6 Å². The molecule has 134 valence electrons. The Morgan fingerprint density at radius 3 is 1.52 bits per heavy atom. The van der Waals surface area contributed by atoms with E-state index >= 15 is 0 Å². The zero-order valence-corrected chi connectivity index (χ0v) is 13.7. The van der Waals surface area contributed by atoms with E-state index < -0.39 is 45.8 Å². The van der Waals surface area contributed by atoms with Crippen molar-refractivity contribution in [3.05, 3.63) is 69.2 Å². The van der Waals surface area contributed by atoms with Crippen molar-refractivity contribution in [3.63, 3.8) is 0 Å². The van der Waals surface area contributed by atoms with Crippen LogP contribution in [0.15, 0.2) is 46.9 Å². The van der Waals surface area contributed by atoms with Crippen molar-refractivity contribution in [2.45, 2.75) is 23.6 Å². The molecule has 2 aromatic carbocycles. The summed E-state index contributed by atoms with van der Waals surface area (Å²) in [5.41, 5.74) is -11.6. The van der Waals surface area contributed by atoms with Gasteiger partial charge in [0.15, 0.2) is 0 Å². The molecule has 0 aromatic heterocycles. The molecular weight excluding hydrogens is 418 g/mol. The summed E-state index contributed by atoms with van der Waals surface area (Å²) < 4.78 is 82.4. The summed E-state index contributed by atoms with van der Waals surface area (Å²) in [6, 6.07) is 6.11. The first-order valence-corrected chi connectivity index (χ1v) is 7.63. The predicted octanol–water partition coefficient (Wildman–Crippen LogP) is 4.36. The second-order valence-corrected chi connectivity index (χ2v) is 6.57. The normalized spacial score (nSPS) is 26.1. The molecule has 25 heavy (non-hydrogen) atoms. The van der Waals surface area contributed by atoms with Crippen LogP contribution in [-0.2, 0) is 11.2 Å². The van der Waals surface area contributed by atoms with Crippen LogP contribution < -0.4 is 0 Å². The van der Waals surface area contributed by atoms with Gasteiger partial charge in [-0.15, -0.1) is 0 Å². The molecule has 2 atom stereocenters. The minimum absolute atomic E-state index is 0.0258. The fourth-order valence-corrected chi connectivity index (χ4v) is 3.51. The van der Waals surface area contributed by atoms with Gasteiger partial charge in [0.2, 0.25) is 11.2 Å². The highest BCUT2D eigenvalue weighted by molar-refractivity contribution is 9.10. The maximum absolute atomic E-state index is 13.7. The van der Waals surface area contributed by atoms with Gasteiger partial charge in [-0.3, -0.25) is 0 Å². The topological polar surface area (TPSA) is 40.5 Å². The van der Waals surface area contributed by atoms with E-state index in [1.807, 2.05) is 0 Å². The summed E-state index contributed by atoms with van der Waals surface area (Å²) in [6.45, 7) is 0. The second kappa shape index (κ2) is 5.21. The molecule has 2 aromatic rings. The van der Waals surface area contributed by atoms with Gasteiger partial charge in [0.05, 0.1) is 0 Å². The largest absolute Gasteiger partial charge is 0.425 e. The first-order chi connectivity index (χ1) is 11.3. The highest BCUT2D eigenvalue weighted by atomic mass is 79.9. The van der Waals surface area contributed by atoms with E-state index in [2.05, 4.69) is 15.9 Å². The molecule has 0 bridgehead atoms. The molecule has 2 nitrogen and oxygen atoms in total. The average molecular weight is 427 g/mol. The first kappa shape index (κ1) is 18.2. The van der Waals surface area contributed by atoms with E-state index in [4.69, 9.17) is 0 Å². The van der Waals surface area contributed by atoms with Gasteiger partial charge in [-0.05, 0) is 12.1 Å². The third-order valence-corrected chi connectivity index (χ3v) is 4.78. The molecule has 2 N–H and O–H groups in total. The minimum Gasteiger partial charge on any atom is -0.372 e. The van der Waals surface area contributed by atoms with Gasteiger partial charge in [-0.25, -0.2) is 0 Å². The molecule has 0 saturated carbocycles. The molecule has 1 aliphatic carbocycles. The van der Waals surface area contributed by atoms with E-state index in [1.165, 1.54) is 0 Å². The lowest BCUT2D eigenvalue weighted by molar-refractivity contribution is -0.270. The van der Waals surface area contributed by atoms with Crippen molar-refractivity contribution >= 4 is 15.9 Å². The van der Waals surface area contributed by atoms with Gasteiger partial charge in [-0.1, -0.05) is 46.3 Å². The predicted molar refractivity (Wildman–Crippen MR) is 78.7 cm³/mol. The van der Waals surface area contributed by atoms with Crippen molar-refractivity contribution in [3.8, 4) is 0 Å². The number of alkyl halides is 6. The van der Waals surface area contributed by atoms with Crippen LogP contribution in [0.2, 0.25) is 0 Å². The summed E-state index contributed by atoms with van der Waals surface area (Å²) in [6.07, 6.45) is -10.6. The van der Waals surface area contributed by atoms with Gasteiger partial charge in [0.25, 0.3) is 0 Å². The Kier molecular flexibility index (Phi) is 3.80. The van der Waals surface area contributed by atoms with Gasteiger partial charge < -0.3 is 10.2 Å². The van der Waals surface area contributed by atoms with E-state index in [0.717, 1.165) is 42.5 Å². The first-order valence-electron chi connectivity index (χ1n) is 6.84. The molecule has 0 amide bonds. The third-order valence-electron chi connectivity index (χ3n) is 4.29. The fourth-order valence-electron chi connectivity index (χ4n) is 3.15. The number of halogens is 7. The standard InChI is InChI=1S/C16H9BrF6O2/c17-8-5-6-11-12(7-8)14(25,16(21,22)23)10-4-2-1-3-9(10)13(11,24)15(18,19)20/h1-7,24-25H. The number of benzene rings is 2. The van der Waals surface area contributed by atoms with Gasteiger partial charge in [-0.2, -0.15) is 26.3 Å². The molecular formula is C16H9BrF6O2. The molecule has 0 radical (unpaired) electrons. The molecule has 9 heteroatoms. The average Bonchev–Trinajstić information content (AvgIpc) is 2.50. The molecule has 2 unspecified atom stereocenters. The van der Waals surface area contributed by atoms with Crippen LogP contribution >= 0.6 is 15.9 Å². The molecule has 0 fully saturated rings. The summed E-state index contributed by atoms with van der Waals surface area (Å²) in [5.74, 6) is 0. The number of aliphatic hydroxyl groups is 2. The number of hydrogen-bond acceptors (Lipinski definition) is 2. The summed E-state index contributed by atoms with van der Waals surface area (Å²) >= 11 is 2.90. The Balaban J connectivity index is 2.53. The van der Waals surface area contributed by atoms with Crippen molar-refractivity contribution in [2.24, 2.45) is 0 Å². The Bertz CT molecular complexity index is 847. The van der Waals surface area contributed by atoms with Crippen molar-refractivity contribution in [2.75, 3.05) is 0 Å². The van der Waals surface area contributed by atoms with Crippen LogP contribution in [0.5, 0.6) is 0 Å². The van der Waals surface area contributed by atoms with Crippen molar-refractivity contribution in [1.29, 1.82) is 0 Å². The van der Waals surface area contributed by atoms with Crippen molar-refractivity contribution in [1.82, 2.24) is 0 Å². The van der Waals surface area contributed by atoms with Crippen LogP contribution in [0.1, 0.15) is 22.3 Å². The van der Waals surface area contributed by atoms with Crippen LogP contribution in [0.4, 0.5) is 26.3 Å². The number of rotatable bonds is 0. The van der Waals surface area contributed by atoms with Gasteiger partial charge in [0.1, 0.15) is 0 Å². The molecule has 0 aliphatic heterocycles. The Hall–Kier alpha value is -1.58. The minimum atomic E-state index is -5.31.